The molecule has 17 heavy (non-hydrogen) atoms. The van der Waals surface area contributed by atoms with Crippen LogP contribution in [0.3, 0.4) is 0 Å². The summed E-state index contributed by atoms with van der Waals surface area (Å²) in [7, 11) is 0. The molecular weight excluding hydrogens is 221 g/mol. The molecule has 1 N–H and O–H groups in total. The predicted octanol–water partition coefficient (Wildman–Crippen LogP) is 1.84. The van der Waals surface area contributed by atoms with Crippen LogP contribution in [0.2, 0.25) is 0 Å². The Hall–Kier alpha value is -2.04. The summed E-state index contributed by atoms with van der Waals surface area (Å²) in [6.45, 7) is 3.55. The van der Waals surface area contributed by atoms with Gasteiger partial charge in [-0.3, -0.25) is 9.78 Å². The minimum Gasteiger partial charge on any atom is -0.310 e. The standard InChI is InChI=1S/C12H12FN3O/c1-3-10-15-11(7(2)12(17)16-10)8-4-9(13)6-14-5-8/h4-6H,3H2,1-2H3,(H,15,16,17). The number of aryl methyl sites for hydroxylation is 1. The molecule has 2 aromatic heterocycles. The van der Waals surface area contributed by atoms with Crippen molar-refractivity contribution in [1.82, 2.24) is 15.0 Å². The number of nitrogens with one attached hydrogen (secondary N) is 1. The van der Waals surface area contributed by atoms with Crippen LogP contribution in [0, 0.1) is 12.7 Å². The average molecular weight is 233 g/mol. The van der Waals surface area contributed by atoms with Gasteiger partial charge in [0.25, 0.3) is 5.56 Å². The fraction of sp³-hybridized carbons (Fsp3) is 0.250. The molecule has 2 rings (SSSR count). The van der Waals surface area contributed by atoms with Gasteiger partial charge in [0.2, 0.25) is 0 Å². The van der Waals surface area contributed by atoms with E-state index in [4.69, 9.17) is 0 Å². The number of nitrogens with zero attached hydrogens (tertiary/aromatic N) is 2. The molecule has 0 saturated carbocycles. The normalized spacial score (nSPS) is 10.5. The fourth-order valence-corrected chi connectivity index (χ4v) is 1.57. The van der Waals surface area contributed by atoms with Gasteiger partial charge in [-0.1, -0.05) is 6.92 Å². The zero-order chi connectivity index (χ0) is 12.4. The number of hydrogen-bond acceptors (Lipinski definition) is 3. The third kappa shape index (κ3) is 2.22. The highest BCUT2D eigenvalue weighted by Gasteiger charge is 2.10. The molecule has 0 fully saturated rings. The van der Waals surface area contributed by atoms with E-state index in [1.54, 1.807) is 6.92 Å². The van der Waals surface area contributed by atoms with E-state index in [2.05, 4.69) is 15.0 Å². The number of pyridine rings is 1. The zero-order valence-corrected chi connectivity index (χ0v) is 9.62. The van der Waals surface area contributed by atoms with Crippen molar-refractivity contribution in [3.05, 3.63) is 46.0 Å². The van der Waals surface area contributed by atoms with Crippen molar-refractivity contribution in [2.75, 3.05) is 0 Å². The van der Waals surface area contributed by atoms with E-state index < -0.39 is 5.82 Å². The summed E-state index contributed by atoms with van der Waals surface area (Å²) in [4.78, 5) is 22.4. The van der Waals surface area contributed by atoms with Crippen molar-refractivity contribution in [3.8, 4) is 11.3 Å². The van der Waals surface area contributed by atoms with Crippen LogP contribution >= 0.6 is 0 Å². The molecule has 0 spiro atoms. The number of H-pyrrole nitrogens is 1. The monoisotopic (exact) mass is 233 g/mol. The zero-order valence-electron chi connectivity index (χ0n) is 9.62. The van der Waals surface area contributed by atoms with Crippen molar-refractivity contribution in [3.63, 3.8) is 0 Å². The lowest BCUT2D eigenvalue weighted by Crippen LogP contribution is -2.15. The molecule has 0 bridgehead atoms. The van der Waals surface area contributed by atoms with Crippen molar-refractivity contribution in [1.29, 1.82) is 0 Å². The van der Waals surface area contributed by atoms with Gasteiger partial charge in [0.1, 0.15) is 11.6 Å². The Bertz CT molecular complexity index is 607. The Balaban J connectivity index is 2.66. The van der Waals surface area contributed by atoms with Crippen LogP contribution in [0.25, 0.3) is 11.3 Å². The van der Waals surface area contributed by atoms with E-state index in [9.17, 15) is 9.18 Å². The van der Waals surface area contributed by atoms with E-state index in [0.717, 1.165) is 6.20 Å². The second-order valence-electron chi connectivity index (χ2n) is 3.73. The van der Waals surface area contributed by atoms with Crippen LogP contribution in [0.15, 0.2) is 23.3 Å². The molecule has 4 nitrogen and oxygen atoms in total. The molecule has 0 aliphatic heterocycles. The first-order valence-electron chi connectivity index (χ1n) is 5.32. The number of rotatable bonds is 2. The molecule has 0 unspecified atom stereocenters. The molecule has 0 aliphatic carbocycles. The Morgan fingerprint density at radius 3 is 2.82 bits per heavy atom. The van der Waals surface area contributed by atoms with Gasteiger partial charge >= 0.3 is 0 Å². The van der Waals surface area contributed by atoms with Gasteiger partial charge in [-0.25, -0.2) is 9.37 Å². The van der Waals surface area contributed by atoms with Crippen LogP contribution in [0.5, 0.6) is 0 Å². The smallest absolute Gasteiger partial charge is 0.254 e. The van der Waals surface area contributed by atoms with Crippen molar-refractivity contribution in [2.45, 2.75) is 20.3 Å². The summed E-state index contributed by atoms with van der Waals surface area (Å²) >= 11 is 0. The maximum absolute atomic E-state index is 13.1. The summed E-state index contributed by atoms with van der Waals surface area (Å²) < 4.78 is 13.1. The number of aromatic amines is 1. The maximum atomic E-state index is 13.1. The van der Waals surface area contributed by atoms with Crippen molar-refractivity contribution >= 4 is 0 Å². The quantitative estimate of drug-likeness (QED) is 0.861. The van der Waals surface area contributed by atoms with Crippen molar-refractivity contribution in [2.24, 2.45) is 0 Å². The average Bonchev–Trinajstić information content (AvgIpc) is 2.32. The van der Waals surface area contributed by atoms with Gasteiger partial charge in [-0.05, 0) is 13.0 Å². The molecule has 2 heterocycles. The van der Waals surface area contributed by atoms with E-state index in [1.807, 2.05) is 6.92 Å². The maximum Gasteiger partial charge on any atom is 0.254 e. The highest BCUT2D eigenvalue weighted by molar-refractivity contribution is 5.61. The largest absolute Gasteiger partial charge is 0.310 e. The van der Waals surface area contributed by atoms with Gasteiger partial charge in [-0.15, -0.1) is 0 Å². The van der Waals surface area contributed by atoms with E-state index in [0.29, 0.717) is 29.1 Å². The van der Waals surface area contributed by atoms with Gasteiger partial charge in [0.15, 0.2) is 0 Å². The van der Waals surface area contributed by atoms with E-state index >= 15 is 0 Å². The molecule has 88 valence electrons. The molecule has 0 aliphatic rings. The van der Waals surface area contributed by atoms with Crippen LogP contribution in [-0.4, -0.2) is 15.0 Å². The third-order valence-electron chi connectivity index (χ3n) is 2.51. The molecule has 2 aromatic rings. The molecule has 0 atom stereocenters. The summed E-state index contributed by atoms with van der Waals surface area (Å²) in [5, 5.41) is 0. The van der Waals surface area contributed by atoms with Gasteiger partial charge < -0.3 is 4.98 Å². The Kier molecular flexibility index (Phi) is 2.99. The van der Waals surface area contributed by atoms with Crippen LogP contribution in [0.4, 0.5) is 4.39 Å². The van der Waals surface area contributed by atoms with Crippen molar-refractivity contribution < 1.29 is 4.39 Å². The topological polar surface area (TPSA) is 58.6 Å². The summed E-state index contributed by atoms with van der Waals surface area (Å²) in [5.41, 5.74) is 1.27. The summed E-state index contributed by atoms with van der Waals surface area (Å²) in [6, 6.07) is 1.32. The summed E-state index contributed by atoms with van der Waals surface area (Å²) in [6.07, 6.45) is 3.23. The second kappa shape index (κ2) is 4.45. The molecule has 5 heteroatoms. The Morgan fingerprint density at radius 2 is 2.18 bits per heavy atom. The predicted molar refractivity (Wildman–Crippen MR) is 62.2 cm³/mol. The minimum absolute atomic E-state index is 0.198. The third-order valence-corrected chi connectivity index (χ3v) is 2.51. The van der Waals surface area contributed by atoms with Crippen LogP contribution in [-0.2, 0) is 6.42 Å². The van der Waals surface area contributed by atoms with E-state index in [-0.39, 0.29) is 5.56 Å². The number of halogens is 1. The number of hydrogen-bond donors (Lipinski definition) is 1. The first-order chi connectivity index (χ1) is 8.11. The highest BCUT2D eigenvalue weighted by atomic mass is 19.1. The molecule has 0 aromatic carbocycles. The molecule has 0 radical (unpaired) electrons. The fourth-order valence-electron chi connectivity index (χ4n) is 1.57. The van der Waals surface area contributed by atoms with Crippen LogP contribution in [0.1, 0.15) is 18.3 Å². The van der Waals surface area contributed by atoms with E-state index in [1.165, 1.54) is 12.3 Å². The lowest BCUT2D eigenvalue weighted by Gasteiger charge is -2.06. The first-order valence-corrected chi connectivity index (χ1v) is 5.32. The van der Waals surface area contributed by atoms with Gasteiger partial charge in [-0.2, -0.15) is 0 Å². The minimum atomic E-state index is -0.443. The molecule has 0 saturated heterocycles. The number of aromatic nitrogens is 3. The lowest BCUT2D eigenvalue weighted by atomic mass is 10.1. The lowest BCUT2D eigenvalue weighted by molar-refractivity contribution is 0.622. The Labute approximate surface area is 97.6 Å². The summed E-state index contributed by atoms with van der Waals surface area (Å²) in [5.74, 6) is 0.141. The molecular formula is C12H12FN3O. The highest BCUT2D eigenvalue weighted by Crippen LogP contribution is 2.18. The SMILES string of the molecule is CCc1nc(-c2cncc(F)c2)c(C)c(=O)[nH]1. The second-order valence-corrected chi connectivity index (χ2v) is 3.73. The Morgan fingerprint density at radius 1 is 1.41 bits per heavy atom. The van der Waals surface area contributed by atoms with Crippen LogP contribution < -0.4 is 5.56 Å². The van der Waals surface area contributed by atoms with Gasteiger partial charge in [0, 0.05) is 23.7 Å². The molecule has 0 amide bonds. The first kappa shape index (κ1) is 11.4. The van der Waals surface area contributed by atoms with Gasteiger partial charge in [0.05, 0.1) is 11.9 Å².